The van der Waals surface area contributed by atoms with Crippen LogP contribution in [0.4, 0.5) is 0 Å². The van der Waals surface area contributed by atoms with Crippen LogP contribution >= 0.6 is 0 Å². The zero-order valence-electron chi connectivity index (χ0n) is 14.7. The minimum absolute atomic E-state index is 0.180. The van der Waals surface area contributed by atoms with Gasteiger partial charge in [0.1, 0.15) is 13.2 Å². The van der Waals surface area contributed by atoms with Crippen molar-refractivity contribution in [2.75, 3.05) is 39.5 Å². The summed E-state index contributed by atoms with van der Waals surface area (Å²) in [6, 6.07) is 0. The average molecular weight is 345 g/mol. The van der Waals surface area contributed by atoms with E-state index < -0.39 is 5.79 Å². The molecule has 0 radical (unpaired) electrons. The Balaban J connectivity index is 2.36. The van der Waals surface area contributed by atoms with E-state index in [2.05, 4.69) is 0 Å². The highest BCUT2D eigenvalue weighted by atomic mass is 16.7. The van der Waals surface area contributed by atoms with Crippen molar-refractivity contribution >= 4 is 17.9 Å². The number of nitrogens with zero attached hydrogens (tertiary/aromatic N) is 1. The summed E-state index contributed by atoms with van der Waals surface area (Å²) in [7, 11) is 0. The Kier molecular flexibility index (Phi) is 8.70. The zero-order chi connectivity index (χ0) is 18.0. The number of ether oxygens (including phenoxy) is 4. The molecule has 0 N–H and O–H groups in total. The van der Waals surface area contributed by atoms with Gasteiger partial charge in [0.15, 0.2) is 0 Å². The maximum absolute atomic E-state index is 12.0. The lowest BCUT2D eigenvalue weighted by Crippen LogP contribution is -2.36. The molecule has 1 rings (SSSR count). The van der Waals surface area contributed by atoms with Crippen LogP contribution in [0.3, 0.4) is 0 Å². The molecule has 0 amide bonds. The first kappa shape index (κ1) is 20.4. The lowest BCUT2D eigenvalue weighted by Gasteiger charge is -2.25. The molecule has 0 saturated carbocycles. The molecule has 1 aliphatic rings. The van der Waals surface area contributed by atoms with Crippen LogP contribution in [0.25, 0.3) is 0 Å². The standard InChI is InChI=1S/C16H27NO7/c1-13(18)21-11-8-17(9-12-22-14(2)19)7-5-15(20)24-16(3)6-4-10-23-16/h4-12H2,1-3H3. The van der Waals surface area contributed by atoms with E-state index in [1.807, 2.05) is 4.90 Å². The summed E-state index contributed by atoms with van der Waals surface area (Å²) < 4.78 is 20.6. The van der Waals surface area contributed by atoms with Gasteiger partial charge in [0.25, 0.3) is 0 Å². The van der Waals surface area contributed by atoms with Crippen LogP contribution in [0.2, 0.25) is 0 Å². The molecule has 1 fully saturated rings. The lowest BCUT2D eigenvalue weighted by molar-refractivity contribution is -0.206. The second-order valence-corrected chi connectivity index (χ2v) is 5.83. The van der Waals surface area contributed by atoms with Gasteiger partial charge in [-0.2, -0.15) is 0 Å². The minimum Gasteiger partial charge on any atom is -0.465 e. The molecule has 0 bridgehead atoms. The van der Waals surface area contributed by atoms with Gasteiger partial charge in [-0.1, -0.05) is 0 Å². The van der Waals surface area contributed by atoms with Gasteiger partial charge in [0.2, 0.25) is 5.79 Å². The smallest absolute Gasteiger partial charge is 0.309 e. The molecule has 1 heterocycles. The molecule has 0 spiro atoms. The van der Waals surface area contributed by atoms with E-state index in [0.717, 1.165) is 6.42 Å². The van der Waals surface area contributed by atoms with Gasteiger partial charge in [-0.15, -0.1) is 0 Å². The van der Waals surface area contributed by atoms with E-state index in [1.54, 1.807) is 6.92 Å². The van der Waals surface area contributed by atoms with Crippen LogP contribution in [0.15, 0.2) is 0 Å². The molecule has 1 unspecified atom stereocenters. The average Bonchev–Trinajstić information content (AvgIpc) is 2.89. The van der Waals surface area contributed by atoms with Gasteiger partial charge in [0.05, 0.1) is 13.0 Å². The molecular weight excluding hydrogens is 318 g/mol. The molecular formula is C16H27NO7. The fraction of sp³-hybridized carbons (Fsp3) is 0.812. The Morgan fingerprint density at radius 1 is 1.04 bits per heavy atom. The van der Waals surface area contributed by atoms with Gasteiger partial charge in [-0.05, 0) is 6.42 Å². The first-order chi connectivity index (χ1) is 11.3. The van der Waals surface area contributed by atoms with Gasteiger partial charge < -0.3 is 18.9 Å². The molecule has 1 saturated heterocycles. The molecule has 8 nitrogen and oxygen atoms in total. The Labute approximate surface area is 142 Å². The fourth-order valence-corrected chi connectivity index (χ4v) is 2.35. The number of esters is 3. The van der Waals surface area contributed by atoms with Crippen molar-refractivity contribution in [1.82, 2.24) is 4.90 Å². The third-order valence-corrected chi connectivity index (χ3v) is 3.57. The lowest BCUT2D eigenvalue weighted by atomic mass is 10.2. The number of hydrogen-bond donors (Lipinski definition) is 0. The second kappa shape index (κ2) is 10.2. The van der Waals surface area contributed by atoms with Crippen molar-refractivity contribution in [1.29, 1.82) is 0 Å². The Morgan fingerprint density at radius 3 is 2.08 bits per heavy atom. The van der Waals surface area contributed by atoms with Crippen molar-refractivity contribution in [3.63, 3.8) is 0 Å². The van der Waals surface area contributed by atoms with Gasteiger partial charge >= 0.3 is 17.9 Å². The minimum atomic E-state index is -0.822. The van der Waals surface area contributed by atoms with E-state index in [4.69, 9.17) is 18.9 Å². The van der Waals surface area contributed by atoms with Gasteiger partial charge in [-0.3, -0.25) is 19.3 Å². The van der Waals surface area contributed by atoms with E-state index in [1.165, 1.54) is 13.8 Å². The Bertz CT molecular complexity index is 412. The number of hydrogen-bond acceptors (Lipinski definition) is 8. The van der Waals surface area contributed by atoms with Crippen molar-refractivity contribution in [2.24, 2.45) is 0 Å². The van der Waals surface area contributed by atoms with E-state index in [9.17, 15) is 14.4 Å². The highest BCUT2D eigenvalue weighted by Gasteiger charge is 2.33. The monoisotopic (exact) mass is 345 g/mol. The topological polar surface area (TPSA) is 91.4 Å². The number of carbonyl (C=O) groups excluding carboxylic acids is 3. The normalized spacial score (nSPS) is 20.0. The summed E-state index contributed by atoms with van der Waals surface area (Å²) in [6.45, 7) is 6.77. The molecule has 138 valence electrons. The van der Waals surface area contributed by atoms with Crippen molar-refractivity contribution in [3.05, 3.63) is 0 Å². The van der Waals surface area contributed by atoms with Crippen LogP contribution < -0.4 is 0 Å². The maximum atomic E-state index is 12.0. The summed E-state index contributed by atoms with van der Waals surface area (Å²) >= 11 is 0. The van der Waals surface area contributed by atoms with Gasteiger partial charge in [0, 0.05) is 46.8 Å². The number of carbonyl (C=O) groups is 3. The van der Waals surface area contributed by atoms with Crippen LogP contribution in [-0.4, -0.2) is 68.0 Å². The van der Waals surface area contributed by atoms with Crippen LogP contribution in [-0.2, 0) is 33.3 Å². The Hall–Kier alpha value is -1.67. The Morgan fingerprint density at radius 2 is 1.62 bits per heavy atom. The number of rotatable bonds is 10. The van der Waals surface area contributed by atoms with Crippen molar-refractivity contribution in [2.45, 2.75) is 45.8 Å². The van der Waals surface area contributed by atoms with Crippen molar-refractivity contribution in [3.8, 4) is 0 Å². The maximum Gasteiger partial charge on any atom is 0.309 e. The first-order valence-electron chi connectivity index (χ1n) is 8.15. The summed E-state index contributed by atoms with van der Waals surface area (Å²) in [5.41, 5.74) is 0. The molecule has 0 aromatic rings. The summed E-state index contributed by atoms with van der Waals surface area (Å²) in [6.07, 6.45) is 1.75. The molecule has 24 heavy (non-hydrogen) atoms. The quantitative estimate of drug-likeness (QED) is 0.425. The molecule has 8 heteroatoms. The molecule has 0 aromatic carbocycles. The highest BCUT2D eigenvalue weighted by Crippen LogP contribution is 2.26. The third-order valence-electron chi connectivity index (χ3n) is 3.57. The highest BCUT2D eigenvalue weighted by molar-refractivity contribution is 5.70. The van der Waals surface area contributed by atoms with Crippen LogP contribution in [0, 0.1) is 0 Å². The molecule has 1 atom stereocenters. The predicted octanol–water partition coefficient (Wildman–Crippen LogP) is 0.874. The van der Waals surface area contributed by atoms with E-state index in [0.29, 0.717) is 32.7 Å². The van der Waals surface area contributed by atoms with Crippen LogP contribution in [0.5, 0.6) is 0 Å². The van der Waals surface area contributed by atoms with Gasteiger partial charge in [-0.25, -0.2) is 0 Å². The zero-order valence-corrected chi connectivity index (χ0v) is 14.7. The molecule has 1 aliphatic heterocycles. The summed E-state index contributed by atoms with van der Waals surface area (Å²) in [5, 5.41) is 0. The van der Waals surface area contributed by atoms with E-state index in [-0.39, 0.29) is 37.5 Å². The third kappa shape index (κ3) is 8.83. The van der Waals surface area contributed by atoms with E-state index >= 15 is 0 Å². The fourth-order valence-electron chi connectivity index (χ4n) is 2.35. The molecule has 0 aliphatic carbocycles. The second-order valence-electron chi connectivity index (χ2n) is 5.83. The SMILES string of the molecule is CC(=O)OCCN(CCOC(C)=O)CCC(=O)OC1(C)CCCO1. The predicted molar refractivity (Wildman–Crippen MR) is 84.0 cm³/mol. The summed E-state index contributed by atoms with van der Waals surface area (Å²) in [5.74, 6) is -1.89. The largest absolute Gasteiger partial charge is 0.465 e. The van der Waals surface area contributed by atoms with Crippen LogP contribution in [0.1, 0.15) is 40.0 Å². The van der Waals surface area contributed by atoms with Crippen molar-refractivity contribution < 1.29 is 33.3 Å². The molecule has 0 aromatic heterocycles. The first-order valence-corrected chi connectivity index (χ1v) is 8.15. The summed E-state index contributed by atoms with van der Waals surface area (Å²) in [4.78, 5) is 35.5.